The molecule has 0 spiro atoms. The zero-order chi connectivity index (χ0) is 12.4. The Morgan fingerprint density at radius 3 is 3.11 bits per heavy atom. The van der Waals surface area contributed by atoms with Crippen LogP contribution in [0.3, 0.4) is 0 Å². The first-order chi connectivity index (χ1) is 8.83. The van der Waals surface area contributed by atoms with Crippen LogP contribution in [0.15, 0.2) is 29.1 Å². The molecule has 0 bridgehead atoms. The van der Waals surface area contributed by atoms with Crippen LogP contribution in [0.25, 0.3) is 0 Å². The molecule has 2 aromatic rings. The lowest BCUT2D eigenvalue weighted by Gasteiger charge is -2.15. The van der Waals surface area contributed by atoms with E-state index in [1.54, 1.807) is 0 Å². The highest BCUT2D eigenvalue weighted by atomic mass is 16.5. The third-order valence-corrected chi connectivity index (χ3v) is 3.00. The molecule has 1 aliphatic carbocycles. The number of aromatic nitrogens is 2. The molecule has 0 N–H and O–H groups in total. The quantitative estimate of drug-likeness (QED) is 0.827. The van der Waals surface area contributed by atoms with Crippen molar-refractivity contribution in [1.29, 1.82) is 0 Å². The smallest absolute Gasteiger partial charge is 0.213 e. The number of fused-ring (bicyclic) bond motifs is 1. The number of nitrogens with zero attached hydrogens (tertiary/aromatic N) is 2. The van der Waals surface area contributed by atoms with E-state index in [2.05, 4.69) is 14.7 Å². The Hall–Kier alpha value is -2.17. The number of ketones is 1. The van der Waals surface area contributed by atoms with E-state index in [0.29, 0.717) is 12.2 Å². The van der Waals surface area contributed by atoms with Gasteiger partial charge in [-0.3, -0.25) is 4.79 Å². The molecule has 0 saturated carbocycles. The molecule has 0 saturated heterocycles. The first kappa shape index (κ1) is 11.0. The third-order valence-electron chi connectivity index (χ3n) is 3.00. The van der Waals surface area contributed by atoms with Gasteiger partial charge in [0.1, 0.15) is 5.75 Å². The maximum absolute atomic E-state index is 11.7. The van der Waals surface area contributed by atoms with Crippen molar-refractivity contribution in [2.45, 2.75) is 25.9 Å². The van der Waals surface area contributed by atoms with Gasteiger partial charge in [-0.05, 0) is 36.6 Å². The lowest BCUT2D eigenvalue weighted by atomic mass is 9.91. The van der Waals surface area contributed by atoms with Gasteiger partial charge in [-0.1, -0.05) is 5.16 Å². The predicted octanol–water partition coefficient (Wildman–Crippen LogP) is 2.17. The number of aryl methyl sites for hydroxylation is 1. The second kappa shape index (κ2) is 4.60. The van der Waals surface area contributed by atoms with Crippen LogP contribution < -0.4 is 4.74 Å². The van der Waals surface area contributed by atoms with Gasteiger partial charge in [-0.25, -0.2) is 0 Å². The van der Waals surface area contributed by atoms with Gasteiger partial charge in [0, 0.05) is 12.0 Å². The van der Waals surface area contributed by atoms with E-state index >= 15 is 0 Å². The van der Waals surface area contributed by atoms with Gasteiger partial charge in [0.05, 0.1) is 0 Å². The van der Waals surface area contributed by atoms with Crippen molar-refractivity contribution in [3.63, 3.8) is 0 Å². The molecule has 1 aliphatic rings. The number of carbonyl (C=O) groups excluding carboxylic acids is 1. The van der Waals surface area contributed by atoms with E-state index in [4.69, 9.17) is 4.74 Å². The maximum Gasteiger partial charge on any atom is 0.213 e. The molecule has 0 amide bonds. The summed E-state index contributed by atoms with van der Waals surface area (Å²) in [7, 11) is 0. The van der Waals surface area contributed by atoms with Crippen molar-refractivity contribution in [3.05, 3.63) is 41.5 Å². The van der Waals surface area contributed by atoms with Crippen molar-refractivity contribution in [2.24, 2.45) is 0 Å². The number of hydrogen-bond acceptors (Lipinski definition) is 5. The van der Waals surface area contributed by atoms with Gasteiger partial charge in [0.25, 0.3) is 0 Å². The van der Waals surface area contributed by atoms with Gasteiger partial charge in [-0.15, -0.1) is 0 Å². The van der Waals surface area contributed by atoms with E-state index in [0.717, 1.165) is 29.7 Å². The van der Waals surface area contributed by atoms with E-state index in [1.165, 1.54) is 6.39 Å². The van der Waals surface area contributed by atoms with Crippen LogP contribution in [0.5, 0.6) is 5.75 Å². The van der Waals surface area contributed by atoms with Crippen molar-refractivity contribution in [1.82, 2.24) is 10.1 Å². The molecule has 0 atom stereocenters. The summed E-state index contributed by atoms with van der Waals surface area (Å²) in [5.74, 6) is 1.46. The molecule has 0 unspecified atom stereocenters. The van der Waals surface area contributed by atoms with E-state index in [9.17, 15) is 4.79 Å². The molecule has 1 aromatic carbocycles. The van der Waals surface area contributed by atoms with Crippen LogP contribution in [0.4, 0.5) is 0 Å². The Labute approximate surface area is 104 Å². The first-order valence-corrected chi connectivity index (χ1v) is 5.87. The van der Waals surface area contributed by atoms with Crippen LogP contribution in [-0.2, 0) is 13.0 Å². The predicted molar refractivity (Wildman–Crippen MR) is 62.3 cm³/mol. The average Bonchev–Trinajstić information content (AvgIpc) is 2.90. The fourth-order valence-electron chi connectivity index (χ4n) is 2.12. The average molecular weight is 244 g/mol. The summed E-state index contributed by atoms with van der Waals surface area (Å²) in [6, 6.07) is 5.57. The van der Waals surface area contributed by atoms with Gasteiger partial charge in [0.2, 0.25) is 12.2 Å². The molecule has 5 heteroatoms. The van der Waals surface area contributed by atoms with Gasteiger partial charge >= 0.3 is 0 Å². The second-order valence-electron chi connectivity index (χ2n) is 4.23. The third kappa shape index (κ3) is 2.11. The molecule has 0 radical (unpaired) electrons. The van der Waals surface area contributed by atoms with E-state index in [1.807, 2.05) is 18.2 Å². The number of carbonyl (C=O) groups is 1. The van der Waals surface area contributed by atoms with Gasteiger partial charge in [-0.2, -0.15) is 4.98 Å². The topological polar surface area (TPSA) is 65.2 Å². The van der Waals surface area contributed by atoms with Gasteiger partial charge in [0.15, 0.2) is 12.4 Å². The summed E-state index contributed by atoms with van der Waals surface area (Å²) in [6.07, 6.45) is 3.76. The summed E-state index contributed by atoms with van der Waals surface area (Å²) >= 11 is 0. The molecule has 5 nitrogen and oxygen atoms in total. The molecule has 18 heavy (non-hydrogen) atoms. The fourth-order valence-corrected chi connectivity index (χ4v) is 2.12. The number of hydrogen-bond donors (Lipinski definition) is 0. The Morgan fingerprint density at radius 2 is 2.28 bits per heavy atom. The molecule has 1 aromatic heterocycles. The van der Waals surface area contributed by atoms with Crippen molar-refractivity contribution in [2.75, 3.05) is 0 Å². The number of ether oxygens (including phenoxy) is 1. The number of Topliss-reactive ketones (excluding diaryl/α,β-unsaturated/α-hetero) is 1. The minimum atomic E-state index is 0.223. The second-order valence-corrected chi connectivity index (χ2v) is 4.23. The van der Waals surface area contributed by atoms with Crippen LogP contribution >= 0.6 is 0 Å². The van der Waals surface area contributed by atoms with E-state index in [-0.39, 0.29) is 12.4 Å². The Balaban J connectivity index is 1.76. The first-order valence-electron chi connectivity index (χ1n) is 5.87. The lowest BCUT2D eigenvalue weighted by Crippen LogP contribution is -2.10. The van der Waals surface area contributed by atoms with Crippen LogP contribution in [0, 0.1) is 0 Å². The van der Waals surface area contributed by atoms with E-state index < -0.39 is 0 Å². The summed E-state index contributed by atoms with van der Waals surface area (Å²) in [6.45, 7) is 0.267. The van der Waals surface area contributed by atoms with Crippen LogP contribution in [-0.4, -0.2) is 15.9 Å². The highest BCUT2D eigenvalue weighted by molar-refractivity contribution is 5.98. The largest absolute Gasteiger partial charge is 0.485 e. The minimum absolute atomic E-state index is 0.223. The summed E-state index contributed by atoms with van der Waals surface area (Å²) < 4.78 is 10.2. The normalized spacial score (nSPS) is 14.3. The summed E-state index contributed by atoms with van der Waals surface area (Å²) in [5, 5.41) is 3.67. The SMILES string of the molecule is O=C1CCCc2cc(OCc3ncon3)ccc21. The molecule has 0 fully saturated rings. The maximum atomic E-state index is 11.7. The fraction of sp³-hybridized carbons (Fsp3) is 0.308. The standard InChI is InChI=1S/C13H12N2O3/c16-12-3-1-2-9-6-10(4-5-11(9)12)17-7-13-14-8-18-15-13/h4-6,8H,1-3,7H2. The van der Waals surface area contributed by atoms with Crippen molar-refractivity contribution >= 4 is 5.78 Å². The minimum Gasteiger partial charge on any atom is -0.485 e. The molecule has 92 valence electrons. The highest BCUT2D eigenvalue weighted by Gasteiger charge is 2.17. The zero-order valence-corrected chi connectivity index (χ0v) is 9.76. The molecular weight excluding hydrogens is 232 g/mol. The molecular formula is C13H12N2O3. The summed E-state index contributed by atoms with van der Waals surface area (Å²) in [5.41, 5.74) is 1.89. The van der Waals surface area contributed by atoms with Crippen molar-refractivity contribution < 1.29 is 14.1 Å². The number of rotatable bonds is 3. The van der Waals surface area contributed by atoms with Gasteiger partial charge < -0.3 is 9.26 Å². The Bertz CT molecular complexity index is 564. The highest BCUT2D eigenvalue weighted by Crippen LogP contribution is 2.25. The molecule has 0 aliphatic heterocycles. The van der Waals surface area contributed by atoms with Crippen LogP contribution in [0.2, 0.25) is 0 Å². The van der Waals surface area contributed by atoms with Crippen LogP contribution in [0.1, 0.15) is 34.6 Å². The Kier molecular flexibility index (Phi) is 2.80. The zero-order valence-electron chi connectivity index (χ0n) is 9.76. The van der Waals surface area contributed by atoms with Crippen molar-refractivity contribution in [3.8, 4) is 5.75 Å². The monoisotopic (exact) mass is 244 g/mol. The molecule has 3 rings (SSSR count). The Morgan fingerprint density at radius 1 is 1.33 bits per heavy atom. The number of benzene rings is 1. The lowest BCUT2D eigenvalue weighted by molar-refractivity contribution is 0.0972. The summed E-state index contributed by atoms with van der Waals surface area (Å²) in [4.78, 5) is 15.5. The molecule has 1 heterocycles.